The van der Waals surface area contributed by atoms with E-state index in [1.54, 1.807) is 0 Å². The van der Waals surface area contributed by atoms with E-state index in [0.29, 0.717) is 5.56 Å². The number of nitrogens with one attached hydrogen (secondary N) is 1. The van der Waals surface area contributed by atoms with Gasteiger partial charge in [-0.05, 0) is 17.7 Å². The number of imidazole rings is 1. The monoisotopic (exact) mass is 425 g/mol. The Kier molecular flexibility index (Phi) is 6.46. The maximum atomic E-state index is 13.4. The van der Waals surface area contributed by atoms with E-state index in [2.05, 4.69) is 15.0 Å². The molecule has 0 aliphatic rings. The van der Waals surface area contributed by atoms with Crippen molar-refractivity contribution < 1.29 is 41.0 Å². The molecule has 2 rings (SSSR count). The topological polar surface area (TPSA) is 76.4 Å². The second-order valence-electron chi connectivity index (χ2n) is 6.22. The number of benzene rings is 1. The van der Waals surface area contributed by atoms with Gasteiger partial charge in [0.1, 0.15) is 5.75 Å². The number of aliphatic hydroxyl groups is 1. The molecule has 1 atom stereocenters. The predicted octanol–water partition coefficient (Wildman–Crippen LogP) is 2.82. The molecule has 160 valence electrons. The third kappa shape index (κ3) is 5.86. The second kappa shape index (κ2) is 8.31. The fourth-order valence-electron chi connectivity index (χ4n) is 2.48. The third-order valence-electron chi connectivity index (χ3n) is 3.87. The Labute approximate surface area is 161 Å². The molecule has 1 amide bonds. The zero-order valence-electron chi connectivity index (χ0n) is 15.0. The molecule has 0 saturated carbocycles. The van der Waals surface area contributed by atoms with Crippen LogP contribution in [0, 0.1) is 0 Å². The number of halogens is 6. The fourth-order valence-corrected chi connectivity index (χ4v) is 2.48. The minimum absolute atomic E-state index is 0.117. The van der Waals surface area contributed by atoms with Crippen LogP contribution in [0.4, 0.5) is 26.3 Å². The first-order chi connectivity index (χ1) is 13.3. The SMILES string of the molecule is Cn1ccnc1C(O)(CC(=O)NCc1cccc(OCC(F)(F)F)c1)C(F)(F)F. The summed E-state index contributed by atoms with van der Waals surface area (Å²) in [5, 5.41) is 12.3. The Hall–Kier alpha value is -2.76. The summed E-state index contributed by atoms with van der Waals surface area (Å²) >= 11 is 0. The number of ether oxygens (including phenoxy) is 1. The van der Waals surface area contributed by atoms with E-state index < -0.39 is 42.7 Å². The molecule has 2 aromatic rings. The molecule has 6 nitrogen and oxygen atoms in total. The van der Waals surface area contributed by atoms with Crippen molar-refractivity contribution in [3.05, 3.63) is 48.0 Å². The molecular weight excluding hydrogens is 408 g/mol. The summed E-state index contributed by atoms with van der Waals surface area (Å²) in [7, 11) is 1.24. The molecule has 2 N–H and O–H groups in total. The highest BCUT2D eigenvalue weighted by molar-refractivity contribution is 5.77. The quantitative estimate of drug-likeness (QED) is 0.669. The minimum Gasteiger partial charge on any atom is -0.484 e. The largest absolute Gasteiger partial charge is 0.484 e. The van der Waals surface area contributed by atoms with Crippen LogP contribution in [0.15, 0.2) is 36.7 Å². The lowest BCUT2D eigenvalue weighted by Gasteiger charge is -2.29. The highest BCUT2D eigenvalue weighted by Gasteiger charge is 2.58. The van der Waals surface area contributed by atoms with Gasteiger partial charge in [-0.1, -0.05) is 12.1 Å². The third-order valence-corrected chi connectivity index (χ3v) is 3.87. The van der Waals surface area contributed by atoms with Gasteiger partial charge in [0.2, 0.25) is 11.5 Å². The molecule has 1 unspecified atom stereocenters. The number of aromatic nitrogens is 2. The molecule has 0 spiro atoms. The highest BCUT2D eigenvalue weighted by atomic mass is 19.4. The van der Waals surface area contributed by atoms with Crippen molar-refractivity contribution in [3.8, 4) is 5.75 Å². The number of hydrogen-bond acceptors (Lipinski definition) is 4. The van der Waals surface area contributed by atoms with Crippen molar-refractivity contribution in [2.45, 2.75) is 30.9 Å². The number of carbonyl (C=O) groups excluding carboxylic acids is 1. The van der Waals surface area contributed by atoms with Gasteiger partial charge < -0.3 is 19.7 Å². The van der Waals surface area contributed by atoms with Gasteiger partial charge in [-0.15, -0.1) is 0 Å². The summed E-state index contributed by atoms with van der Waals surface area (Å²) in [5.74, 6) is -1.99. The molecule has 1 aromatic carbocycles. The molecule has 0 saturated heterocycles. The zero-order valence-corrected chi connectivity index (χ0v) is 15.0. The molecule has 12 heteroatoms. The molecule has 1 aromatic heterocycles. The number of carbonyl (C=O) groups is 1. The average molecular weight is 425 g/mol. The molecule has 0 aliphatic carbocycles. The molecule has 0 aliphatic heterocycles. The van der Waals surface area contributed by atoms with Crippen molar-refractivity contribution in [2.75, 3.05) is 6.61 Å². The molecule has 1 heterocycles. The van der Waals surface area contributed by atoms with Gasteiger partial charge in [0.25, 0.3) is 0 Å². The van der Waals surface area contributed by atoms with Crippen LogP contribution >= 0.6 is 0 Å². The van der Waals surface area contributed by atoms with E-state index in [1.165, 1.54) is 37.5 Å². The first-order valence-corrected chi connectivity index (χ1v) is 8.14. The molecular formula is C17H17F6N3O3. The van der Waals surface area contributed by atoms with Crippen molar-refractivity contribution in [3.63, 3.8) is 0 Å². The summed E-state index contributed by atoms with van der Waals surface area (Å²) in [4.78, 5) is 15.5. The molecule has 29 heavy (non-hydrogen) atoms. The van der Waals surface area contributed by atoms with Gasteiger partial charge >= 0.3 is 12.4 Å². The summed E-state index contributed by atoms with van der Waals surface area (Å²) in [5.41, 5.74) is -3.21. The van der Waals surface area contributed by atoms with E-state index in [9.17, 15) is 36.2 Å². The number of rotatable bonds is 7. The average Bonchev–Trinajstić information content (AvgIpc) is 3.03. The zero-order chi connectivity index (χ0) is 21.9. The lowest BCUT2D eigenvalue weighted by molar-refractivity contribution is -0.271. The van der Waals surface area contributed by atoms with Gasteiger partial charge in [-0.25, -0.2) is 4.98 Å². The van der Waals surface area contributed by atoms with E-state index in [-0.39, 0.29) is 12.3 Å². The van der Waals surface area contributed by atoms with Gasteiger partial charge in [-0.3, -0.25) is 4.79 Å². The van der Waals surface area contributed by atoms with Gasteiger partial charge in [0, 0.05) is 26.0 Å². The normalized spacial score (nSPS) is 14.3. The van der Waals surface area contributed by atoms with Crippen LogP contribution in [-0.4, -0.2) is 39.5 Å². The van der Waals surface area contributed by atoms with Crippen molar-refractivity contribution >= 4 is 5.91 Å². The Bertz CT molecular complexity index is 849. The van der Waals surface area contributed by atoms with E-state index in [1.807, 2.05) is 0 Å². The van der Waals surface area contributed by atoms with Gasteiger partial charge in [0.05, 0.1) is 6.42 Å². The molecule has 0 radical (unpaired) electrons. The van der Waals surface area contributed by atoms with Crippen LogP contribution in [0.25, 0.3) is 0 Å². The summed E-state index contributed by atoms with van der Waals surface area (Å²) < 4.78 is 82.3. The minimum atomic E-state index is -5.17. The van der Waals surface area contributed by atoms with Crippen molar-refractivity contribution in [1.82, 2.24) is 14.9 Å². The van der Waals surface area contributed by atoms with Crippen molar-refractivity contribution in [1.29, 1.82) is 0 Å². The number of hydrogen-bond donors (Lipinski definition) is 2. The highest BCUT2D eigenvalue weighted by Crippen LogP contribution is 2.40. The number of alkyl halides is 6. The Balaban J connectivity index is 2.04. The van der Waals surface area contributed by atoms with Gasteiger partial charge in [-0.2, -0.15) is 26.3 Å². The smallest absolute Gasteiger partial charge is 0.425 e. The van der Waals surface area contributed by atoms with Gasteiger partial charge in [0.15, 0.2) is 12.4 Å². The first-order valence-electron chi connectivity index (χ1n) is 8.14. The summed E-state index contributed by atoms with van der Waals surface area (Å²) in [6, 6.07) is 5.28. The van der Waals surface area contributed by atoms with Crippen LogP contribution in [-0.2, 0) is 24.0 Å². The Morgan fingerprint density at radius 3 is 2.48 bits per heavy atom. The predicted molar refractivity (Wildman–Crippen MR) is 87.6 cm³/mol. The maximum Gasteiger partial charge on any atom is 0.425 e. The lowest BCUT2D eigenvalue weighted by Crippen LogP contribution is -2.47. The second-order valence-corrected chi connectivity index (χ2v) is 6.22. The van der Waals surface area contributed by atoms with Crippen LogP contribution in [0.5, 0.6) is 5.75 Å². The first kappa shape index (κ1) is 22.5. The van der Waals surface area contributed by atoms with E-state index in [4.69, 9.17) is 0 Å². The van der Waals surface area contributed by atoms with E-state index >= 15 is 0 Å². The number of nitrogens with zero attached hydrogens (tertiary/aromatic N) is 2. The van der Waals surface area contributed by atoms with Crippen LogP contribution in [0.3, 0.4) is 0 Å². The van der Waals surface area contributed by atoms with Crippen LogP contribution in [0.2, 0.25) is 0 Å². The summed E-state index contributed by atoms with van der Waals surface area (Å²) in [6.07, 6.45) is -8.80. The van der Waals surface area contributed by atoms with Crippen molar-refractivity contribution in [2.24, 2.45) is 7.05 Å². The lowest BCUT2D eigenvalue weighted by atomic mass is 9.97. The van der Waals surface area contributed by atoms with Crippen LogP contribution in [0.1, 0.15) is 17.8 Å². The Morgan fingerprint density at radius 1 is 1.24 bits per heavy atom. The number of aryl methyl sites for hydroxylation is 1. The Morgan fingerprint density at radius 2 is 1.93 bits per heavy atom. The summed E-state index contributed by atoms with van der Waals surface area (Å²) in [6.45, 7) is -1.79. The standard InChI is InChI=1S/C17H17F6N3O3/c1-26-6-5-24-14(26)15(28,17(21,22)23)8-13(27)25-9-11-3-2-4-12(7-11)29-10-16(18,19)20/h2-7,28H,8-10H2,1H3,(H,25,27). The van der Waals surface area contributed by atoms with E-state index in [0.717, 1.165) is 10.8 Å². The molecule has 0 bridgehead atoms. The fraction of sp³-hybridized carbons (Fsp3) is 0.412. The maximum absolute atomic E-state index is 13.4. The van der Waals surface area contributed by atoms with Crippen LogP contribution < -0.4 is 10.1 Å². The number of amides is 1. The molecule has 0 fully saturated rings.